The summed E-state index contributed by atoms with van der Waals surface area (Å²) in [5.74, 6) is 1.22. The molecular formula is C9H15N3O. The van der Waals surface area contributed by atoms with Crippen molar-refractivity contribution in [3.8, 4) is 0 Å². The number of nitrogens with zero attached hydrogens (tertiary/aromatic N) is 1. The van der Waals surface area contributed by atoms with Crippen molar-refractivity contribution in [2.45, 2.75) is 38.8 Å². The molecule has 1 amide bonds. The zero-order valence-corrected chi connectivity index (χ0v) is 8.00. The van der Waals surface area contributed by atoms with Gasteiger partial charge in [-0.25, -0.2) is 4.99 Å². The Labute approximate surface area is 77.8 Å². The van der Waals surface area contributed by atoms with E-state index in [1.165, 1.54) is 0 Å². The maximum Gasteiger partial charge on any atom is 0.251 e. The molecule has 1 aliphatic heterocycles. The van der Waals surface area contributed by atoms with Gasteiger partial charge in [0.2, 0.25) is 0 Å². The van der Waals surface area contributed by atoms with Gasteiger partial charge in [-0.3, -0.25) is 10.1 Å². The molecule has 72 valence electrons. The van der Waals surface area contributed by atoms with Gasteiger partial charge in [0.25, 0.3) is 5.91 Å². The molecule has 2 N–H and O–H groups in total. The molecule has 0 spiro atoms. The Morgan fingerprint density at radius 3 is 2.77 bits per heavy atom. The molecule has 13 heavy (non-hydrogen) atoms. The number of hydrogen-bond donors (Lipinski definition) is 2. The highest BCUT2D eigenvalue weighted by Gasteiger charge is 2.39. The number of nitrogens with one attached hydrogen (secondary N) is 2. The SMILES string of the molecule is CC(C)NC1=NC(C2CC2)C(=O)N1. The molecule has 1 fully saturated rings. The number of carbonyl (C=O) groups is 1. The zero-order valence-electron chi connectivity index (χ0n) is 8.00. The summed E-state index contributed by atoms with van der Waals surface area (Å²) in [5, 5.41) is 5.86. The van der Waals surface area contributed by atoms with Crippen molar-refractivity contribution in [2.24, 2.45) is 10.9 Å². The van der Waals surface area contributed by atoms with Crippen molar-refractivity contribution in [2.75, 3.05) is 0 Å². The molecule has 1 atom stereocenters. The van der Waals surface area contributed by atoms with Crippen molar-refractivity contribution in [1.29, 1.82) is 0 Å². The van der Waals surface area contributed by atoms with Crippen molar-refractivity contribution in [3.63, 3.8) is 0 Å². The van der Waals surface area contributed by atoms with Crippen LogP contribution in [-0.2, 0) is 4.79 Å². The minimum absolute atomic E-state index is 0.0608. The molecule has 1 aliphatic carbocycles. The van der Waals surface area contributed by atoms with E-state index in [0.717, 1.165) is 12.8 Å². The van der Waals surface area contributed by atoms with Crippen LogP contribution in [0.3, 0.4) is 0 Å². The summed E-state index contributed by atoms with van der Waals surface area (Å²) >= 11 is 0. The van der Waals surface area contributed by atoms with Crippen LogP contribution in [0.2, 0.25) is 0 Å². The third kappa shape index (κ3) is 1.82. The number of aliphatic imine (C=N–C) groups is 1. The van der Waals surface area contributed by atoms with E-state index in [-0.39, 0.29) is 11.9 Å². The maximum absolute atomic E-state index is 11.4. The minimum atomic E-state index is -0.110. The van der Waals surface area contributed by atoms with Crippen molar-refractivity contribution in [1.82, 2.24) is 10.6 Å². The second-order valence-corrected chi connectivity index (χ2v) is 4.05. The molecule has 0 bridgehead atoms. The fourth-order valence-corrected chi connectivity index (χ4v) is 1.50. The predicted molar refractivity (Wildman–Crippen MR) is 50.4 cm³/mol. The number of rotatable bonds is 2. The van der Waals surface area contributed by atoms with Gasteiger partial charge in [0.1, 0.15) is 6.04 Å². The van der Waals surface area contributed by atoms with Gasteiger partial charge in [0.05, 0.1) is 0 Å². The van der Waals surface area contributed by atoms with E-state index in [9.17, 15) is 4.79 Å². The van der Waals surface area contributed by atoms with E-state index in [0.29, 0.717) is 17.9 Å². The van der Waals surface area contributed by atoms with E-state index in [1.54, 1.807) is 0 Å². The number of amides is 1. The monoisotopic (exact) mass is 181 g/mol. The molecule has 4 nitrogen and oxygen atoms in total. The number of hydrogen-bond acceptors (Lipinski definition) is 3. The van der Waals surface area contributed by atoms with Crippen molar-refractivity contribution in [3.05, 3.63) is 0 Å². The van der Waals surface area contributed by atoms with Crippen LogP contribution in [0, 0.1) is 5.92 Å². The Hall–Kier alpha value is -1.06. The molecule has 0 radical (unpaired) electrons. The molecule has 1 heterocycles. The predicted octanol–water partition coefficient (Wildman–Crippen LogP) is 0.249. The molecule has 0 aromatic heterocycles. The van der Waals surface area contributed by atoms with Crippen molar-refractivity contribution >= 4 is 11.9 Å². The van der Waals surface area contributed by atoms with Gasteiger partial charge in [-0.2, -0.15) is 0 Å². The van der Waals surface area contributed by atoms with Gasteiger partial charge in [-0.1, -0.05) is 0 Å². The Morgan fingerprint density at radius 2 is 2.23 bits per heavy atom. The van der Waals surface area contributed by atoms with Crippen LogP contribution in [-0.4, -0.2) is 24.0 Å². The highest BCUT2D eigenvalue weighted by Crippen LogP contribution is 2.35. The summed E-state index contributed by atoms with van der Waals surface area (Å²) in [6.07, 6.45) is 2.30. The maximum atomic E-state index is 11.4. The Bertz CT molecular complexity index is 256. The lowest BCUT2D eigenvalue weighted by molar-refractivity contribution is -0.120. The van der Waals surface area contributed by atoms with Gasteiger partial charge in [0.15, 0.2) is 5.96 Å². The second kappa shape index (κ2) is 3.01. The molecular weight excluding hydrogens is 166 g/mol. The van der Waals surface area contributed by atoms with E-state index in [2.05, 4.69) is 15.6 Å². The fraction of sp³-hybridized carbons (Fsp3) is 0.778. The Morgan fingerprint density at radius 1 is 1.54 bits per heavy atom. The summed E-state index contributed by atoms with van der Waals surface area (Å²) in [7, 11) is 0. The third-order valence-corrected chi connectivity index (χ3v) is 2.27. The smallest absolute Gasteiger partial charge is 0.251 e. The normalized spacial score (nSPS) is 27.5. The lowest BCUT2D eigenvalue weighted by atomic mass is 10.2. The molecule has 2 aliphatic rings. The Balaban J connectivity index is 1.98. The fourth-order valence-electron chi connectivity index (χ4n) is 1.50. The summed E-state index contributed by atoms with van der Waals surface area (Å²) in [5.41, 5.74) is 0. The lowest BCUT2D eigenvalue weighted by Crippen LogP contribution is -2.40. The van der Waals surface area contributed by atoms with Crippen LogP contribution in [0.5, 0.6) is 0 Å². The second-order valence-electron chi connectivity index (χ2n) is 4.05. The highest BCUT2D eigenvalue weighted by molar-refractivity contribution is 6.05. The minimum Gasteiger partial charge on any atom is -0.354 e. The molecule has 4 heteroatoms. The van der Waals surface area contributed by atoms with Crippen LogP contribution >= 0.6 is 0 Å². The first-order chi connectivity index (χ1) is 6.16. The number of guanidine groups is 1. The molecule has 1 saturated carbocycles. The average Bonchev–Trinajstić information content (AvgIpc) is 2.77. The first kappa shape index (κ1) is 8.53. The molecule has 0 aromatic carbocycles. The zero-order chi connectivity index (χ0) is 9.42. The molecule has 0 saturated heterocycles. The molecule has 2 rings (SSSR count). The number of carbonyl (C=O) groups excluding carboxylic acids is 1. The lowest BCUT2D eigenvalue weighted by Gasteiger charge is -2.07. The quantitative estimate of drug-likeness (QED) is 0.641. The standard InChI is InChI=1S/C9H15N3O/c1-5(2)10-9-11-7(6-3-4-6)8(13)12-9/h5-7H,3-4H2,1-2H3,(H2,10,11,12,13). The van der Waals surface area contributed by atoms with Crippen molar-refractivity contribution < 1.29 is 4.79 Å². The van der Waals surface area contributed by atoms with Gasteiger partial charge in [-0.05, 0) is 32.6 Å². The van der Waals surface area contributed by atoms with Gasteiger partial charge in [-0.15, -0.1) is 0 Å². The van der Waals surface area contributed by atoms with Crippen LogP contribution in [0.25, 0.3) is 0 Å². The van der Waals surface area contributed by atoms with Gasteiger partial charge in [0, 0.05) is 6.04 Å². The molecule has 0 aromatic rings. The van der Waals surface area contributed by atoms with Gasteiger partial charge >= 0.3 is 0 Å². The first-order valence-corrected chi connectivity index (χ1v) is 4.82. The van der Waals surface area contributed by atoms with E-state index >= 15 is 0 Å². The largest absolute Gasteiger partial charge is 0.354 e. The van der Waals surface area contributed by atoms with E-state index in [4.69, 9.17) is 0 Å². The third-order valence-electron chi connectivity index (χ3n) is 2.27. The first-order valence-electron chi connectivity index (χ1n) is 4.82. The summed E-state index contributed by atoms with van der Waals surface area (Å²) in [6, 6.07) is 0.207. The Kier molecular flexibility index (Phi) is 1.98. The van der Waals surface area contributed by atoms with Crippen LogP contribution in [0.1, 0.15) is 26.7 Å². The summed E-state index contributed by atoms with van der Waals surface area (Å²) in [6.45, 7) is 4.05. The van der Waals surface area contributed by atoms with E-state index in [1.807, 2.05) is 13.8 Å². The van der Waals surface area contributed by atoms with Crippen LogP contribution in [0.15, 0.2) is 4.99 Å². The van der Waals surface area contributed by atoms with E-state index < -0.39 is 0 Å². The van der Waals surface area contributed by atoms with Crippen LogP contribution < -0.4 is 10.6 Å². The van der Waals surface area contributed by atoms with Crippen LogP contribution in [0.4, 0.5) is 0 Å². The summed E-state index contributed by atoms with van der Waals surface area (Å²) < 4.78 is 0. The molecule has 1 unspecified atom stereocenters. The highest BCUT2D eigenvalue weighted by atomic mass is 16.2. The average molecular weight is 181 g/mol. The summed E-state index contributed by atoms with van der Waals surface area (Å²) in [4.78, 5) is 15.7. The van der Waals surface area contributed by atoms with Gasteiger partial charge < -0.3 is 5.32 Å². The topological polar surface area (TPSA) is 53.5 Å².